The maximum Gasteiger partial charge on any atom is 0.237 e. The van der Waals surface area contributed by atoms with Crippen LogP contribution in [0.4, 0.5) is 0 Å². The number of morpholine rings is 1. The van der Waals surface area contributed by atoms with Crippen LogP contribution in [0, 0.1) is 5.92 Å². The Morgan fingerprint density at radius 2 is 2.00 bits per heavy atom. The standard InChI is InChI=1S/C18H29N3O2/c1-14(2)10-17(19)18(22)20-12-15-4-3-5-16(11-15)13-21-6-8-23-9-7-21/h3-5,11,14,17H,6-10,12-13,19H2,1-2H3,(H,20,22)/t17-/m0/s1. The van der Waals surface area contributed by atoms with Crippen molar-refractivity contribution in [3.8, 4) is 0 Å². The van der Waals surface area contributed by atoms with Crippen molar-refractivity contribution in [2.24, 2.45) is 11.7 Å². The second-order valence-electron chi connectivity index (χ2n) is 6.66. The zero-order valence-corrected chi connectivity index (χ0v) is 14.3. The molecule has 1 aromatic rings. The first-order chi connectivity index (χ1) is 11.0. The Morgan fingerprint density at radius 1 is 1.30 bits per heavy atom. The van der Waals surface area contributed by atoms with Crippen LogP contribution in [0.1, 0.15) is 31.4 Å². The summed E-state index contributed by atoms with van der Waals surface area (Å²) in [4.78, 5) is 14.4. The lowest BCUT2D eigenvalue weighted by atomic mass is 10.0. The number of carbonyl (C=O) groups is 1. The maximum atomic E-state index is 12.0. The molecule has 1 saturated heterocycles. The molecular weight excluding hydrogens is 290 g/mol. The molecule has 0 aliphatic carbocycles. The number of nitrogens with two attached hydrogens (primary N) is 1. The van der Waals surface area contributed by atoms with Gasteiger partial charge in [0.05, 0.1) is 19.3 Å². The van der Waals surface area contributed by atoms with Crippen molar-refractivity contribution in [3.05, 3.63) is 35.4 Å². The lowest BCUT2D eigenvalue weighted by Crippen LogP contribution is -2.41. The molecule has 0 unspecified atom stereocenters. The van der Waals surface area contributed by atoms with Crippen LogP contribution in [-0.4, -0.2) is 43.2 Å². The van der Waals surface area contributed by atoms with E-state index in [2.05, 4.69) is 36.2 Å². The molecule has 0 spiro atoms. The number of rotatable bonds is 7. The number of hydrogen-bond acceptors (Lipinski definition) is 4. The minimum Gasteiger partial charge on any atom is -0.379 e. The number of nitrogens with one attached hydrogen (secondary N) is 1. The van der Waals surface area contributed by atoms with Gasteiger partial charge in [-0.25, -0.2) is 0 Å². The average Bonchev–Trinajstić information content (AvgIpc) is 2.53. The predicted octanol–water partition coefficient (Wildman–Crippen LogP) is 1.51. The van der Waals surface area contributed by atoms with E-state index < -0.39 is 6.04 Å². The fourth-order valence-corrected chi connectivity index (χ4v) is 2.79. The topological polar surface area (TPSA) is 67.6 Å². The van der Waals surface area contributed by atoms with Gasteiger partial charge in [-0.3, -0.25) is 9.69 Å². The summed E-state index contributed by atoms with van der Waals surface area (Å²) in [6.45, 7) is 9.17. The molecule has 1 heterocycles. The minimum absolute atomic E-state index is 0.0720. The summed E-state index contributed by atoms with van der Waals surface area (Å²) >= 11 is 0. The van der Waals surface area contributed by atoms with E-state index >= 15 is 0 Å². The molecule has 1 aliphatic rings. The van der Waals surface area contributed by atoms with Crippen molar-refractivity contribution in [2.45, 2.75) is 39.4 Å². The van der Waals surface area contributed by atoms with Gasteiger partial charge in [0.25, 0.3) is 0 Å². The second-order valence-corrected chi connectivity index (χ2v) is 6.66. The fraction of sp³-hybridized carbons (Fsp3) is 0.611. The van der Waals surface area contributed by atoms with E-state index in [1.54, 1.807) is 0 Å². The van der Waals surface area contributed by atoms with Crippen LogP contribution in [0.5, 0.6) is 0 Å². The van der Waals surface area contributed by atoms with E-state index in [4.69, 9.17) is 10.5 Å². The zero-order chi connectivity index (χ0) is 16.7. The number of hydrogen-bond donors (Lipinski definition) is 2. The first-order valence-electron chi connectivity index (χ1n) is 8.46. The van der Waals surface area contributed by atoms with Crippen molar-refractivity contribution in [3.63, 3.8) is 0 Å². The van der Waals surface area contributed by atoms with Crippen LogP contribution in [-0.2, 0) is 22.6 Å². The second kappa shape index (κ2) is 9.01. The Labute approximate surface area is 139 Å². The normalized spacial score (nSPS) is 17.2. The average molecular weight is 319 g/mol. The van der Waals surface area contributed by atoms with Gasteiger partial charge in [0.15, 0.2) is 0 Å². The lowest BCUT2D eigenvalue weighted by Gasteiger charge is -2.26. The van der Waals surface area contributed by atoms with Crippen molar-refractivity contribution in [1.29, 1.82) is 0 Å². The summed E-state index contributed by atoms with van der Waals surface area (Å²) in [6, 6.07) is 7.95. The van der Waals surface area contributed by atoms with Gasteiger partial charge in [0.2, 0.25) is 5.91 Å². The summed E-state index contributed by atoms with van der Waals surface area (Å²) in [5.41, 5.74) is 8.29. The summed E-state index contributed by atoms with van der Waals surface area (Å²) in [7, 11) is 0. The van der Waals surface area contributed by atoms with Crippen LogP contribution >= 0.6 is 0 Å². The fourth-order valence-electron chi connectivity index (χ4n) is 2.79. The highest BCUT2D eigenvalue weighted by Crippen LogP contribution is 2.10. The highest BCUT2D eigenvalue weighted by atomic mass is 16.5. The van der Waals surface area contributed by atoms with Gasteiger partial charge in [-0.1, -0.05) is 38.1 Å². The van der Waals surface area contributed by atoms with Crippen LogP contribution in [0.2, 0.25) is 0 Å². The van der Waals surface area contributed by atoms with Crippen LogP contribution in [0.3, 0.4) is 0 Å². The molecule has 1 fully saturated rings. The maximum absolute atomic E-state index is 12.0. The molecule has 5 heteroatoms. The minimum atomic E-state index is -0.425. The van der Waals surface area contributed by atoms with E-state index in [-0.39, 0.29) is 5.91 Å². The van der Waals surface area contributed by atoms with Gasteiger partial charge in [-0.2, -0.15) is 0 Å². The molecule has 0 radical (unpaired) electrons. The molecule has 5 nitrogen and oxygen atoms in total. The molecule has 1 aliphatic heterocycles. The molecule has 1 aromatic carbocycles. The summed E-state index contributed by atoms with van der Waals surface area (Å²) < 4.78 is 5.37. The predicted molar refractivity (Wildman–Crippen MR) is 91.8 cm³/mol. The smallest absolute Gasteiger partial charge is 0.237 e. The molecule has 128 valence electrons. The van der Waals surface area contributed by atoms with Crippen LogP contribution in [0.25, 0.3) is 0 Å². The van der Waals surface area contributed by atoms with Crippen LogP contribution in [0.15, 0.2) is 24.3 Å². The van der Waals surface area contributed by atoms with Crippen molar-refractivity contribution in [1.82, 2.24) is 10.2 Å². The molecular formula is C18H29N3O2. The van der Waals surface area contributed by atoms with Crippen molar-refractivity contribution >= 4 is 5.91 Å². The monoisotopic (exact) mass is 319 g/mol. The van der Waals surface area contributed by atoms with E-state index in [0.717, 1.165) is 38.4 Å². The zero-order valence-electron chi connectivity index (χ0n) is 14.3. The van der Waals surface area contributed by atoms with E-state index in [1.165, 1.54) is 5.56 Å². The van der Waals surface area contributed by atoms with Crippen molar-refractivity contribution < 1.29 is 9.53 Å². The molecule has 0 bridgehead atoms. The number of ether oxygens (including phenoxy) is 1. The molecule has 1 atom stereocenters. The quantitative estimate of drug-likeness (QED) is 0.799. The number of carbonyl (C=O) groups excluding carboxylic acids is 1. The molecule has 0 aromatic heterocycles. The molecule has 0 saturated carbocycles. The highest BCUT2D eigenvalue weighted by Gasteiger charge is 2.15. The third-order valence-corrected chi connectivity index (χ3v) is 4.03. The van der Waals surface area contributed by atoms with Gasteiger partial charge < -0.3 is 15.8 Å². The van der Waals surface area contributed by atoms with E-state index in [9.17, 15) is 4.79 Å². The third kappa shape index (κ3) is 6.29. The van der Waals surface area contributed by atoms with E-state index in [1.807, 2.05) is 12.1 Å². The SMILES string of the molecule is CC(C)C[C@H](N)C(=O)NCc1cccc(CN2CCOCC2)c1. The molecule has 3 N–H and O–H groups in total. The molecule has 23 heavy (non-hydrogen) atoms. The van der Waals surface area contributed by atoms with Gasteiger partial charge in [-0.15, -0.1) is 0 Å². The van der Waals surface area contributed by atoms with Gasteiger partial charge in [0, 0.05) is 26.2 Å². The number of benzene rings is 1. The largest absolute Gasteiger partial charge is 0.379 e. The lowest BCUT2D eigenvalue weighted by molar-refractivity contribution is -0.122. The molecule has 2 rings (SSSR count). The Balaban J connectivity index is 1.83. The van der Waals surface area contributed by atoms with Crippen LogP contribution < -0.4 is 11.1 Å². The Bertz CT molecular complexity index is 499. The first kappa shape index (κ1) is 17.9. The van der Waals surface area contributed by atoms with Crippen molar-refractivity contribution in [2.75, 3.05) is 26.3 Å². The third-order valence-electron chi connectivity index (χ3n) is 4.03. The van der Waals surface area contributed by atoms with Gasteiger partial charge in [0.1, 0.15) is 0 Å². The summed E-state index contributed by atoms with van der Waals surface area (Å²) in [5, 5.41) is 2.94. The number of amides is 1. The van der Waals surface area contributed by atoms with Gasteiger partial charge >= 0.3 is 0 Å². The van der Waals surface area contributed by atoms with E-state index in [0.29, 0.717) is 18.9 Å². The first-order valence-corrected chi connectivity index (χ1v) is 8.46. The summed E-state index contributed by atoms with van der Waals surface area (Å²) in [5.74, 6) is 0.352. The summed E-state index contributed by atoms with van der Waals surface area (Å²) in [6.07, 6.45) is 0.711. The molecule has 1 amide bonds. The Hall–Kier alpha value is -1.43. The Morgan fingerprint density at radius 3 is 2.70 bits per heavy atom. The highest BCUT2D eigenvalue weighted by molar-refractivity contribution is 5.81. The Kier molecular flexibility index (Phi) is 7.02. The van der Waals surface area contributed by atoms with Gasteiger partial charge in [-0.05, 0) is 23.5 Å². The number of nitrogens with zero attached hydrogens (tertiary/aromatic N) is 1.